The first-order valence-electron chi connectivity index (χ1n) is 6.91. The monoisotopic (exact) mass is 331 g/mol. The van der Waals surface area contributed by atoms with Crippen LogP contribution in [0.2, 0.25) is 5.15 Å². The van der Waals surface area contributed by atoms with Crippen LogP contribution < -0.4 is 5.32 Å². The first kappa shape index (κ1) is 15.2. The molecule has 118 valence electrons. The van der Waals surface area contributed by atoms with Crippen LogP contribution >= 0.6 is 11.6 Å². The number of hydrogen-bond acceptors (Lipinski definition) is 5. The zero-order valence-corrected chi connectivity index (χ0v) is 13.3. The lowest BCUT2D eigenvalue weighted by molar-refractivity contribution is 0.102. The number of rotatable bonds is 4. The van der Waals surface area contributed by atoms with Gasteiger partial charge in [0.1, 0.15) is 16.6 Å². The lowest BCUT2D eigenvalue weighted by atomic mass is 10.2. The summed E-state index contributed by atoms with van der Waals surface area (Å²) < 4.78 is 6.83. The van der Waals surface area contributed by atoms with Crippen LogP contribution in [0, 0.1) is 13.8 Å². The second-order valence-electron chi connectivity index (χ2n) is 5.03. The molecule has 3 rings (SSSR count). The zero-order valence-electron chi connectivity index (χ0n) is 12.6. The molecule has 0 atom stereocenters. The Morgan fingerprint density at radius 3 is 2.91 bits per heavy atom. The van der Waals surface area contributed by atoms with Crippen molar-refractivity contribution >= 4 is 23.2 Å². The van der Waals surface area contributed by atoms with E-state index in [4.69, 9.17) is 16.1 Å². The number of nitrogens with zero attached hydrogens (tertiary/aromatic N) is 4. The van der Waals surface area contributed by atoms with Gasteiger partial charge in [-0.15, -0.1) is 0 Å². The smallest absolute Gasteiger partial charge is 0.274 e. The van der Waals surface area contributed by atoms with Gasteiger partial charge in [-0.05, 0) is 26.0 Å². The fraction of sp³-hybridized carbons (Fsp3) is 0.200. The Balaban J connectivity index is 1.71. The molecule has 0 aliphatic heterocycles. The maximum Gasteiger partial charge on any atom is 0.274 e. The van der Waals surface area contributed by atoms with Gasteiger partial charge in [-0.25, -0.2) is 4.98 Å². The molecule has 0 aliphatic carbocycles. The number of pyridine rings is 1. The maximum absolute atomic E-state index is 12.1. The molecule has 3 aromatic rings. The predicted molar refractivity (Wildman–Crippen MR) is 84.5 cm³/mol. The Morgan fingerprint density at radius 2 is 2.22 bits per heavy atom. The number of amides is 1. The number of hydrogen-bond donors (Lipinski definition) is 1. The summed E-state index contributed by atoms with van der Waals surface area (Å²) in [7, 11) is 0. The largest absolute Gasteiger partial charge is 0.361 e. The second kappa shape index (κ2) is 6.21. The fourth-order valence-corrected chi connectivity index (χ4v) is 2.30. The van der Waals surface area contributed by atoms with Crippen molar-refractivity contribution in [3.05, 3.63) is 58.5 Å². The standard InChI is InChI=1S/C15H14ClN5O2/c1-9-12(10(2)23-20-9)8-21-7-11(6-17-21)18-15(22)13-4-3-5-14(16)19-13/h3-7H,8H2,1-2H3,(H,18,22). The van der Waals surface area contributed by atoms with Crippen LogP contribution in [0.1, 0.15) is 27.5 Å². The molecule has 0 aromatic carbocycles. The van der Waals surface area contributed by atoms with Crippen molar-refractivity contribution in [3.63, 3.8) is 0 Å². The van der Waals surface area contributed by atoms with E-state index in [9.17, 15) is 4.79 Å². The van der Waals surface area contributed by atoms with E-state index in [-0.39, 0.29) is 16.8 Å². The normalized spacial score (nSPS) is 10.7. The highest BCUT2D eigenvalue weighted by atomic mass is 35.5. The molecule has 0 bridgehead atoms. The van der Waals surface area contributed by atoms with Crippen LogP contribution in [-0.2, 0) is 6.54 Å². The molecule has 0 saturated heterocycles. The molecule has 0 unspecified atom stereocenters. The van der Waals surface area contributed by atoms with E-state index >= 15 is 0 Å². The molecule has 8 heteroatoms. The molecule has 0 fully saturated rings. The van der Waals surface area contributed by atoms with Crippen molar-refractivity contribution in [2.24, 2.45) is 0 Å². The number of anilines is 1. The minimum absolute atomic E-state index is 0.246. The predicted octanol–water partition coefficient (Wildman–Crippen LogP) is 2.84. The van der Waals surface area contributed by atoms with Gasteiger partial charge < -0.3 is 9.84 Å². The van der Waals surface area contributed by atoms with E-state index in [0.29, 0.717) is 12.2 Å². The van der Waals surface area contributed by atoms with E-state index in [2.05, 4.69) is 20.6 Å². The van der Waals surface area contributed by atoms with E-state index < -0.39 is 0 Å². The molecule has 1 N–H and O–H groups in total. The van der Waals surface area contributed by atoms with Gasteiger partial charge >= 0.3 is 0 Å². The van der Waals surface area contributed by atoms with Crippen LogP contribution in [0.3, 0.4) is 0 Å². The lowest BCUT2D eigenvalue weighted by Gasteiger charge is -2.02. The summed E-state index contributed by atoms with van der Waals surface area (Å²) in [5, 5.41) is 11.1. The fourth-order valence-electron chi connectivity index (χ4n) is 2.13. The van der Waals surface area contributed by atoms with Crippen LogP contribution in [0.4, 0.5) is 5.69 Å². The van der Waals surface area contributed by atoms with Crippen molar-refractivity contribution in [1.29, 1.82) is 0 Å². The quantitative estimate of drug-likeness (QED) is 0.743. The summed E-state index contributed by atoms with van der Waals surface area (Å²) in [4.78, 5) is 16.1. The highest BCUT2D eigenvalue weighted by molar-refractivity contribution is 6.29. The van der Waals surface area contributed by atoms with Gasteiger partial charge in [0, 0.05) is 11.8 Å². The minimum Gasteiger partial charge on any atom is -0.361 e. The van der Waals surface area contributed by atoms with E-state index in [1.54, 1.807) is 35.3 Å². The lowest BCUT2D eigenvalue weighted by Crippen LogP contribution is -2.13. The molecule has 1 amide bonds. The maximum atomic E-state index is 12.1. The molecular formula is C15H14ClN5O2. The average molecular weight is 332 g/mol. The van der Waals surface area contributed by atoms with Crippen LogP contribution in [0.15, 0.2) is 35.1 Å². The Bertz CT molecular complexity index is 836. The highest BCUT2D eigenvalue weighted by Crippen LogP contribution is 2.15. The molecule has 23 heavy (non-hydrogen) atoms. The Hall–Kier alpha value is -2.67. The Kier molecular flexibility index (Phi) is 4.12. The first-order chi connectivity index (χ1) is 11.0. The molecule has 3 aromatic heterocycles. The van der Waals surface area contributed by atoms with E-state index in [1.165, 1.54) is 0 Å². The molecule has 0 saturated carbocycles. The third kappa shape index (κ3) is 3.40. The zero-order chi connectivity index (χ0) is 16.4. The molecule has 0 aliphatic rings. The van der Waals surface area contributed by atoms with Crippen LogP contribution in [0.25, 0.3) is 0 Å². The summed E-state index contributed by atoms with van der Waals surface area (Å²) in [6.45, 7) is 4.25. The van der Waals surface area contributed by atoms with Gasteiger partial charge in [0.2, 0.25) is 0 Å². The third-order valence-corrected chi connectivity index (χ3v) is 3.55. The molecule has 0 spiro atoms. The van der Waals surface area contributed by atoms with Gasteiger partial charge in [0.25, 0.3) is 5.91 Å². The van der Waals surface area contributed by atoms with Crippen LogP contribution in [-0.4, -0.2) is 25.8 Å². The number of nitrogens with one attached hydrogen (secondary N) is 1. The summed E-state index contributed by atoms with van der Waals surface area (Å²) in [5.74, 6) is 0.413. The summed E-state index contributed by atoms with van der Waals surface area (Å²) in [5.41, 5.74) is 2.62. The van der Waals surface area contributed by atoms with Crippen molar-refractivity contribution < 1.29 is 9.32 Å². The van der Waals surface area contributed by atoms with Crippen molar-refractivity contribution in [1.82, 2.24) is 19.9 Å². The number of halogens is 1. The average Bonchev–Trinajstić information content (AvgIpc) is 3.09. The second-order valence-corrected chi connectivity index (χ2v) is 5.42. The van der Waals surface area contributed by atoms with Gasteiger partial charge in [-0.1, -0.05) is 22.8 Å². The number of aryl methyl sites for hydroxylation is 2. The molecular weight excluding hydrogens is 318 g/mol. The van der Waals surface area contributed by atoms with E-state index in [1.807, 2.05) is 13.8 Å². The number of carbonyl (C=O) groups is 1. The van der Waals surface area contributed by atoms with Gasteiger partial charge in [0.15, 0.2) is 0 Å². The summed E-state index contributed by atoms with van der Waals surface area (Å²) in [6.07, 6.45) is 3.30. The first-order valence-corrected chi connectivity index (χ1v) is 7.29. The van der Waals surface area contributed by atoms with Gasteiger partial charge in [-0.2, -0.15) is 5.10 Å². The highest BCUT2D eigenvalue weighted by Gasteiger charge is 2.12. The minimum atomic E-state index is -0.343. The summed E-state index contributed by atoms with van der Waals surface area (Å²) in [6, 6.07) is 4.88. The third-order valence-electron chi connectivity index (χ3n) is 3.34. The number of aromatic nitrogens is 4. The molecule has 0 radical (unpaired) electrons. The van der Waals surface area contributed by atoms with Gasteiger partial charge in [-0.3, -0.25) is 9.48 Å². The van der Waals surface area contributed by atoms with E-state index in [0.717, 1.165) is 17.0 Å². The Morgan fingerprint density at radius 1 is 1.39 bits per heavy atom. The Labute approximate surface area is 137 Å². The summed E-state index contributed by atoms with van der Waals surface area (Å²) >= 11 is 5.78. The van der Waals surface area contributed by atoms with Crippen molar-refractivity contribution in [3.8, 4) is 0 Å². The molecule has 7 nitrogen and oxygen atoms in total. The van der Waals surface area contributed by atoms with Crippen molar-refractivity contribution in [2.75, 3.05) is 5.32 Å². The van der Waals surface area contributed by atoms with Gasteiger partial charge in [0.05, 0.1) is 24.1 Å². The topological polar surface area (TPSA) is 85.8 Å². The molecule has 3 heterocycles. The SMILES string of the molecule is Cc1noc(C)c1Cn1cc(NC(=O)c2cccc(Cl)n2)cn1. The van der Waals surface area contributed by atoms with Crippen LogP contribution in [0.5, 0.6) is 0 Å². The number of carbonyl (C=O) groups excluding carboxylic acids is 1. The van der Waals surface area contributed by atoms with Crippen molar-refractivity contribution in [2.45, 2.75) is 20.4 Å².